The summed E-state index contributed by atoms with van der Waals surface area (Å²) >= 11 is 6.12. The third kappa shape index (κ3) is 4.38. The van der Waals surface area contributed by atoms with Crippen molar-refractivity contribution in [3.63, 3.8) is 0 Å². The number of anilines is 3. The average Bonchev–Trinajstić information content (AvgIpc) is 2.70. The highest BCUT2D eigenvalue weighted by molar-refractivity contribution is 6.32. The number of rotatable bonds is 6. The Hall–Kier alpha value is -3.05. The van der Waals surface area contributed by atoms with Crippen LogP contribution in [0.25, 0.3) is 0 Å². The summed E-state index contributed by atoms with van der Waals surface area (Å²) in [6, 6.07) is 18.5. The van der Waals surface area contributed by atoms with E-state index in [1.54, 1.807) is 43.6 Å². The van der Waals surface area contributed by atoms with Crippen molar-refractivity contribution >= 4 is 34.7 Å². The molecule has 1 amide bonds. The van der Waals surface area contributed by atoms with Gasteiger partial charge >= 0.3 is 0 Å². The Morgan fingerprint density at radius 2 is 1.93 bits per heavy atom. The molecule has 0 aliphatic heterocycles. The molecule has 6 heteroatoms. The fraction of sp³-hybridized carbons (Fsp3) is 0.143. The summed E-state index contributed by atoms with van der Waals surface area (Å²) in [5.74, 6) is 1.04. The van der Waals surface area contributed by atoms with Gasteiger partial charge in [0.2, 0.25) is 0 Å². The molecule has 1 heterocycles. The molecule has 5 nitrogen and oxygen atoms in total. The SMILES string of the molecule is CCN(c1ccccc1)c1cc(C(=O)Nc2ccc(OC)c(Cl)c2)ccn1. The number of nitrogens with zero attached hydrogens (tertiary/aromatic N) is 2. The zero-order valence-electron chi connectivity index (χ0n) is 15.1. The van der Waals surface area contributed by atoms with E-state index in [4.69, 9.17) is 16.3 Å². The molecule has 3 rings (SSSR count). The van der Waals surface area contributed by atoms with Gasteiger partial charge in [-0.1, -0.05) is 29.8 Å². The third-order valence-corrected chi connectivity index (χ3v) is 4.37. The number of hydrogen-bond donors (Lipinski definition) is 1. The average molecular weight is 382 g/mol. The van der Waals surface area contributed by atoms with Crippen molar-refractivity contribution in [1.29, 1.82) is 0 Å². The predicted molar refractivity (Wildman–Crippen MR) is 109 cm³/mol. The molecule has 138 valence electrons. The number of hydrogen-bond acceptors (Lipinski definition) is 4. The van der Waals surface area contributed by atoms with Crippen LogP contribution in [-0.4, -0.2) is 24.5 Å². The maximum atomic E-state index is 12.6. The van der Waals surface area contributed by atoms with Crippen LogP contribution < -0.4 is 15.0 Å². The Balaban J connectivity index is 1.82. The molecule has 0 bridgehead atoms. The van der Waals surface area contributed by atoms with Gasteiger partial charge in [0.15, 0.2) is 0 Å². The molecular formula is C21H20ClN3O2. The van der Waals surface area contributed by atoms with Gasteiger partial charge in [-0.05, 0) is 49.4 Å². The molecule has 0 atom stereocenters. The van der Waals surface area contributed by atoms with Gasteiger partial charge in [0.25, 0.3) is 5.91 Å². The molecule has 0 aliphatic carbocycles. The summed E-state index contributed by atoms with van der Waals surface area (Å²) in [6.45, 7) is 2.77. The standard InChI is InChI=1S/C21H20ClN3O2/c1-3-25(17-7-5-4-6-8-17)20-13-15(11-12-23-20)21(26)24-16-9-10-19(27-2)18(22)14-16/h4-14H,3H2,1-2H3,(H,24,26). The van der Waals surface area contributed by atoms with Gasteiger partial charge in [-0.2, -0.15) is 0 Å². The van der Waals surface area contributed by atoms with Crippen LogP contribution in [0.4, 0.5) is 17.2 Å². The lowest BCUT2D eigenvalue weighted by Gasteiger charge is -2.22. The van der Waals surface area contributed by atoms with Gasteiger partial charge in [-0.3, -0.25) is 4.79 Å². The molecular weight excluding hydrogens is 362 g/mol. The first kappa shape index (κ1) is 18.7. The summed E-state index contributed by atoms with van der Waals surface area (Å²) in [5.41, 5.74) is 2.13. The summed E-state index contributed by atoms with van der Waals surface area (Å²) in [6.07, 6.45) is 1.64. The maximum Gasteiger partial charge on any atom is 0.255 e. The van der Waals surface area contributed by atoms with E-state index in [9.17, 15) is 4.79 Å². The van der Waals surface area contributed by atoms with Crippen molar-refractivity contribution < 1.29 is 9.53 Å². The minimum Gasteiger partial charge on any atom is -0.495 e. The van der Waals surface area contributed by atoms with E-state index in [1.165, 1.54) is 0 Å². The van der Waals surface area contributed by atoms with E-state index in [-0.39, 0.29) is 5.91 Å². The minimum atomic E-state index is -0.232. The summed E-state index contributed by atoms with van der Waals surface area (Å²) in [5, 5.41) is 3.29. The Morgan fingerprint density at radius 3 is 2.59 bits per heavy atom. The van der Waals surface area contributed by atoms with Crippen molar-refractivity contribution in [2.75, 3.05) is 23.9 Å². The van der Waals surface area contributed by atoms with Crippen LogP contribution in [0.5, 0.6) is 5.75 Å². The predicted octanol–water partition coefficient (Wildman–Crippen LogP) is 5.15. The number of pyridine rings is 1. The molecule has 0 saturated carbocycles. The molecule has 2 aromatic carbocycles. The Labute approximate surface area is 163 Å². The van der Waals surface area contributed by atoms with Crippen LogP contribution in [0, 0.1) is 0 Å². The van der Waals surface area contributed by atoms with E-state index in [0.717, 1.165) is 12.2 Å². The van der Waals surface area contributed by atoms with E-state index < -0.39 is 0 Å². The number of nitrogens with one attached hydrogen (secondary N) is 1. The second-order valence-electron chi connectivity index (χ2n) is 5.79. The van der Waals surface area contributed by atoms with Crippen LogP contribution in [0.1, 0.15) is 17.3 Å². The highest BCUT2D eigenvalue weighted by Gasteiger charge is 2.13. The van der Waals surface area contributed by atoms with Crippen LogP contribution in [0.15, 0.2) is 66.9 Å². The van der Waals surface area contributed by atoms with Crippen LogP contribution in [-0.2, 0) is 0 Å². The second kappa shape index (κ2) is 8.56. The van der Waals surface area contributed by atoms with Crippen molar-refractivity contribution in [2.45, 2.75) is 6.92 Å². The monoisotopic (exact) mass is 381 g/mol. The lowest BCUT2D eigenvalue weighted by atomic mass is 10.2. The third-order valence-electron chi connectivity index (χ3n) is 4.08. The lowest BCUT2D eigenvalue weighted by Crippen LogP contribution is -2.19. The Morgan fingerprint density at radius 1 is 1.15 bits per heavy atom. The number of methoxy groups -OCH3 is 1. The maximum absolute atomic E-state index is 12.6. The van der Waals surface area contributed by atoms with Crippen molar-refractivity contribution in [2.24, 2.45) is 0 Å². The highest BCUT2D eigenvalue weighted by atomic mass is 35.5. The van der Waals surface area contributed by atoms with Gasteiger partial charge in [0.05, 0.1) is 12.1 Å². The van der Waals surface area contributed by atoms with Crippen LogP contribution >= 0.6 is 11.6 Å². The molecule has 0 spiro atoms. The van der Waals surface area contributed by atoms with E-state index >= 15 is 0 Å². The number of carbonyl (C=O) groups is 1. The first-order valence-electron chi connectivity index (χ1n) is 8.56. The molecule has 0 saturated heterocycles. The summed E-state index contributed by atoms with van der Waals surface area (Å²) < 4.78 is 5.13. The lowest BCUT2D eigenvalue weighted by molar-refractivity contribution is 0.102. The quantitative estimate of drug-likeness (QED) is 0.641. The van der Waals surface area contributed by atoms with Gasteiger partial charge < -0.3 is 15.0 Å². The number of ether oxygens (including phenoxy) is 1. The van der Waals surface area contributed by atoms with Crippen molar-refractivity contribution in [1.82, 2.24) is 4.98 Å². The zero-order valence-corrected chi connectivity index (χ0v) is 15.9. The van der Waals surface area contributed by atoms with Crippen molar-refractivity contribution in [3.05, 3.63) is 77.4 Å². The summed E-state index contributed by atoms with van der Waals surface area (Å²) in [4.78, 5) is 19.1. The van der Waals surface area contributed by atoms with Gasteiger partial charge in [0.1, 0.15) is 11.6 Å². The number of carbonyl (C=O) groups excluding carboxylic acids is 1. The van der Waals surface area contributed by atoms with E-state index in [0.29, 0.717) is 27.8 Å². The highest BCUT2D eigenvalue weighted by Crippen LogP contribution is 2.28. The molecule has 1 N–H and O–H groups in total. The number of halogens is 1. The Kier molecular flexibility index (Phi) is 5.94. The van der Waals surface area contributed by atoms with E-state index in [2.05, 4.69) is 10.3 Å². The minimum absolute atomic E-state index is 0.232. The first-order chi connectivity index (χ1) is 13.1. The zero-order chi connectivity index (χ0) is 19.2. The second-order valence-corrected chi connectivity index (χ2v) is 6.19. The van der Waals surface area contributed by atoms with Gasteiger partial charge in [0, 0.05) is 29.7 Å². The van der Waals surface area contributed by atoms with Crippen molar-refractivity contribution in [3.8, 4) is 5.75 Å². The summed E-state index contributed by atoms with van der Waals surface area (Å²) in [7, 11) is 1.55. The molecule has 1 aromatic heterocycles. The van der Waals surface area contributed by atoms with Gasteiger partial charge in [-0.25, -0.2) is 4.98 Å². The topological polar surface area (TPSA) is 54.5 Å². The molecule has 3 aromatic rings. The normalized spacial score (nSPS) is 10.3. The largest absolute Gasteiger partial charge is 0.495 e. The smallest absolute Gasteiger partial charge is 0.255 e. The number of benzene rings is 2. The molecule has 0 radical (unpaired) electrons. The Bertz CT molecular complexity index is 932. The first-order valence-corrected chi connectivity index (χ1v) is 8.93. The fourth-order valence-corrected chi connectivity index (χ4v) is 3.00. The molecule has 0 aliphatic rings. The number of amides is 1. The van der Waals surface area contributed by atoms with Crippen LogP contribution in [0.2, 0.25) is 5.02 Å². The fourth-order valence-electron chi connectivity index (χ4n) is 2.74. The van der Waals surface area contributed by atoms with Crippen LogP contribution in [0.3, 0.4) is 0 Å². The van der Waals surface area contributed by atoms with Gasteiger partial charge in [-0.15, -0.1) is 0 Å². The number of aromatic nitrogens is 1. The molecule has 0 unspecified atom stereocenters. The van der Waals surface area contributed by atoms with E-state index in [1.807, 2.05) is 42.2 Å². The molecule has 27 heavy (non-hydrogen) atoms. The number of para-hydroxylation sites is 1. The molecule has 0 fully saturated rings.